The fourth-order valence-electron chi connectivity index (χ4n) is 2.25. The molecule has 1 aliphatic rings. The van der Waals surface area contributed by atoms with Gasteiger partial charge in [-0.1, -0.05) is 18.2 Å². The first-order valence-corrected chi connectivity index (χ1v) is 6.95. The minimum absolute atomic E-state index is 0.131. The molecule has 0 aliphatic carbocycles. The molecule has 0 unspecified atom stereocenters. The van der Waals surface area contributed by atoms with Gasteiger partial charge in [-0.25, -0.2) is 0 Å². The highest BCUT2D eigenvalue weighted by molar-refractivity contribution is 7.20. The van der Waals surface area contributed by atoms with Gasteiger partial charge in [-0.2, -0.15) is 0 Å². The summed E-state index contributed by atoms with van der Waals surface area (Å²) in [6.45, 7) is 4.02. The number of ether oxygens (including phenoxy) is 1. The summed E-state index contributed by atoms with van der Waals surface area (Å²) >= 11 is 1.57. The van der Waals surface area contributed by atoms with E-state index in [0.29, 0.717) is 19.7 Å². The van der Waals surface area contributed by atoms with Crippen molar-refractivity contribution in [2.75, 3.05) is 19.7 Å². The molecule has 2 heterocycles. The highest BCUT2D eigenvalue weighted by Gasteiger charge is 2.23. The van der Waals surface area contributed by atoms with Gasteiger partial charge in [-0.3, -0.25) is 4.79 Å². The van der Waals surface area contributed by atoms with Gasteiger partial charge < -0.3 is 9.64 Å². The van der Waals surface area contributed by atoms with E-state index in [1.807, 2.05) is 36.1 Å². The summed E-state index contributed by atoms with van der Waals surface area (Å²) in [6.07, 6.45) is 0.136. The normalized spacial score (nSPS) is 20.3. The standard InChI is InChI=1S/C14H15NO2S/c1-10-9-15(6-7-17-10)14(16)13-8-11-4-2-3-5-12(11)18-13/h2-5,8,10H,6-7,9H2,1H3/t10-/m1/s1. The maximum Gasteiger partial charge on any atom is 0.264 e. The van der Waals surface area contributed by atoms with E-state index in [-0.39, 0.29) is 12.0 Å². The second-order valence-electron chi connectivity index (χ2n) is 4.58. The molecule has 0 radical (unpaired) electrons. The molecule has 3 rings (SSSR count). The quantitative estimate of drug-likeness (QED) is 0.790. The van der Waals surface area contributed by atoms with E-state index in [4.69, 9.17) is 4.74 Å². The minimum Gasteiger partial charge on any atom is -0.375 e. The molecule has 4 heteroatoms. The molecule has 94 valence electrons. The maximum atomic E-state index is 12.4. The lowest BCUT2D eigenvalue weighted by Crippen LogP contribution is -2.44. The molecule has 1 aromatic heterocycles. The van der Waals surface area contributed by atoms with Gasteiger partial charge in [0.2, 0.25) is 0 Å². The number of nitrogens with zero attached hydrogens (tertiary/aromatic N) is 1. The lowest BCUT2D eigenvalue weighted by atomic mass is 10.2. The van der Waals surface area contributed by atoms with E-state index in [9.17, 15) is 4.79 Å². The van der Waals surface area contributed by atoms with Crippen molar-refractivity contribution in [2.45, 2.75) is 13.0 Å². The summed E-state index contributed by atoms with van der Waals surface area (Å²) in [7, 11) is 0. The van der Waals surface area contributed by atoms with Crippen LogP contribution in [-0.2, 0) is 4.74 Å². The van der Waals surface area contributed by atoms with E-state index >= 15 is 0 Å². The smallest absolute Gasteiger partial charge is 0.264 e. The zero-order valence-corrected chi connectivity index (χ0v) is 11.1. The van der Waals surface area contributed by atoms with Crippen LogP contribution in [0.15, 0.2) is 30.3 Å². The fraction of sp³-hybridized carbons (Fsp3) is 0.357. The van der Waals surface area contributed by atoms with E-state index in [0.717, 1.165) is 10.3 Å². The van der Waals surface area contributed by atoms with Gasteiger partial charge in [0.1, 0.15) is 0 Å². The summed E-state index contributed by atoms with van der Waals surface area (Å²) < 4.78 is 6.63. The molecule has 0 saturated carbocycles. The topological polar surface area (TPSA) is 29.5 Å². The monoisotopic (exact) mass is 261 g/mol. The Hall–Kier alpha value is -1.39. The molecule has 0 bridgehead atoms. The van der Waals surface area contributed by atoms with Gasteiger partial charge in [-0.15, -0.1) is 11.3 Å². The number of hydrogen-bond donors (Lipinski definition) is 0. The molecule has 1 amide bonds. The molecule has 1 fully saturated rings. The summed E-state index contributed by atoms with van der Waals surface area (Å²) in [4.78, 5) is 15.1. The molecule has 0 spiro atoms. The highest BCUT2D eigenvalue weighted by atomic mass is 32.1. The van der Waals surface area contributed by atoms with Crippen molar-refractivity contribution >= 4 is 27.3 Å². The van der Waals surface area contributed by atoms with Crippen molar-refractivity contribution in [1.29, 1.82) is 0 Å². The number of carbonyl (C=O) groups is 1. The predicted octanol–water partition coefficient (Wildman–Crippen LogP) is 2.76. The van der Waals surface area contributed by atoms with Gasteiger partial charge >= 0.3 is 0 Å². The van der Waals surface area contributed by atoms with Crippen molar-refractivity contribution in [3.8, 4) is 0 Å². The Kier molecular flexibility index (Phi) is 3.06. The molecule has 0 N–H and O–H groups in total. The van der Waals surface area contributed by atoms with E-state index in [1.54, 1.807) is 11.3 Å². The van der Waals surface area contributed by atoms with Crippen LogP contribution in [0.3, 0.4) is 0 Å². The Bertz CT molecular complexity index is 545. The summed E-state index contributed by atoms with van der Waals surface area (Å²) in [6, 6.07) is 10.1. The van der Waals surface area contributed by atoms with Crippen LogP contribution < -0.4 is 0 Å². The van der Waals surface area contributed by atoms with Gasteiger partial charge in [0, 0.05) is 17.8 Å². The molecule has 1 atom stereocenters. The maximum absolute atomic E-state index is 12.4. The number of carbonyl (C=O) groups excluding carboxylic acids is 1. The first-order valence-electron chi connectivity index (χ1n) is 6.13. The predicted molar refractivity (Wildman–Crippen MR) is 73.1 cm³/mol. The Morgan fingerprint density at radius 1 is 1.44 bits per heavy atom. The Labute approximate surface area is 110 Å². The zero-order valence-electron chi connectivity index (χ0n) is 10.3. The lowest BCUT2D eigenvalue weighted by Gasteiger charge is -2.30. The summed E-state index contributed by atoms with van der Waals surface area (Å²) in [5, 5.41) is 1.15. The molecule has 1 aromatic carbocycles. The molecule has 1 aliphatic heterocycles. The lowest BCUT2D eigenvalue weighted by molar-refractivity contribution is -0.0122. The summed E-state index contributed by atoms with van der Waals surface area (Å²) in [5.74, 6) is 0.131. The highest BCUT2D eigenvalue weighted by Crippen LogP contribution is 2.26. The SMILES string of the molecule is C[C@@H]1CN(C(=O)c2cc3ccccc3s2)CCO1. The number of hydrogen-bond acceptors (Lipinski definition) is 3. The van der Waals surface area contributed by atoms with Crippen LogP contribution in [0.4, 0.5) is 0 Å². The molecule has 2 aromatic rings. The van der Waals surface area contributed by atoms with Crippen LogP contribution in [0.2, 0.25) is 0 Å². The molecule has 18 heavy (non-hydrogen) atoms. The number of fused-ring (bicyclic) bond motifs is 1. The minimum atomic E-state index is 0.131. The van der Waals surface area contributed by atoms with E-state index in [2.05, 4.69) is 6.07 Å². The second-order valence-corrected chi connectivity index (χ2v) is 5.66. The van der Waals surface area contributed by atoms with Crippen LogP contribution in [-0.4, -0.2) is 36.6 Å². The Morgan fingerprint density at radius 3 is 3.06 bits per heavy atom. The van der Waals surface area contributed by atoms with Crippen molar-refractivity contribution in [3.05, 3.63) is 35.2 Å². The van der Waals surface area contributed by atoms with Crippen LogP contribution in [0.5, 0.6) is 0 Å². The van der Waals surface area contributed by atoms with Crippen LogP contribution in [0, 0.1) is 0 Å². The van der Waals surface area contributed by atoms with E-state index < -0.39 is 0 Å². The van der Waals surface area contributed by atoms with Crippen LogP contribution >= 0.6 is 11.3 Å². The Morgan fingerprint density at radius 2 is 2.28 bits per heavy atom. The van der Waals surface area contributed by atoms with Crippen molar-refractivity contribution < 1.29 is 9.53 Å². The Balaban J connectivity index is 1.87. The number of benzene rings is 1. The van der Waals surface area contributed by atoms with Crippen molar-refractivity contribution in [3.63, 3.8) is 0 Å². The first-order chi connectivity index (χ1) is 8.74. The number of amides is 1. The fourth-order valence-corrected chi connectivity index (χ4v) is 3.28. The third kappa shape index (κ3) is 2.13. The molecular formula is C14H15NO2S. The number of rotatable bonds is 1. The van der Waals surface area contributed by atoms with Crippen molar-refractivity contribution in [1.82, 2.24) is 4.90 Å². The average Bonchev–Trinajstić information content (AvgIpc) is 2.81. The zero-order chi connectivity index (χ0) is 12.5. The van der Waals surface area contributed by atoms with Gasteiger partial charge in [0.15, 0.2) is 0 Å². The van der Waals surface area contributed by atoms with Gasteiger partial charge in [0.05, 0.1) is 17.6 Å². The van der Waals surface area contributed by atoms with E-state index in [1.165, 1.54) is 4.70 Å². The molecule has 3 nitrogen and oxygen atoms in total. The van der Waals surface area contributed by atoms with Crippen LogP contribution in [0.1, 0.15) is 16.6 Å². The number of morpholine rings is 1. The average molecular weight is 261 g/mol. The first kappa shape index (κ1) is 11.7. The van der Waals surface area contributed by atoms with Gasteiger partial charge in [0.25, 0.3) is 5.91 Å². The number of thiophene rings is 1. The van der Waals surface area contributed by atoms with Gasteiger partial charge in [-0.05, 0) is 24.4 Å². The molecule has 1 saturated heterocycles. The van der Waals surface area contributed by atoms with Crippen molar-refractivity contribution in [2.24, 2.45) is 0 Å². The molecular weight excluding hydrogens is 246 g/mol. The largest absolute Gasteiger partial charge is 0.375 e. The van der Waals surface area contributed by atoms with Crippen LogP contribution in [0.25, 0.3) is 10.1 Å². The third-order valence-electron chi connectivity index (χ3n) is 3.16. The second kappa shape index (κ2) is 4.71. The third-order valence-corrected chi connectivity index (χ3v) is 4.27. The summed E-state index contributed by atoms with van der Waals surface area (Å²) in [5.41, 5.74) is 0.